The quantitative estimate of drug-likeness (QED) is 0.834. The van der Waals surface area contributed by atoms with Gasteiger partial charge in [0, 0.05) is 31.4 Å². The first-order valence-corrected chi connectivity index (χ1v) is 6.37. The monoisotopic (exact) mass is 234 g/mol. The first-order chi connectivity index (χ1) is 8.19. The van der Waals surface area contributed by atoms with Gasteiger partial charge in [-0.05, 0) is 43.4 Å². The summed E-state index contributed by atoms with van der Waals surface area (Å²) in [6.07, 6.45) is 1.89. The van der Waals surface area contributed by atoms with Gasteiger partial charge in [-0.15, -0.1) is 0 Å². The average molecular weight is 234 g/mol. The number of aliphatic hydroxyl groups excluding tert-OH is 1. The molecule has 1 aliphatic rings. The summed E-state index contributed by atoms with van der Waals surface area (Å²) in [5, 5.41) is 9.05. The normalized spacial score (nSPS) is 25.0. The SMILES string of the molecule is Cc1cccc(N2CC(N)CC(CCO)C2)c1. The number of anilines is 1. The van der Waals surface area contributed by atoms with Gasteiger partial charge < -0.3 is 15.7 Å². The molecular weight excluding hydrogens is 212 g/mol. The summed E-state index contributed by atoms with van der Waals surface area (Å²) in [5.74, 6) is 0.518. The fraction of sp³-hybridized carbons (Fsp3) is 0.571. The van der Waals surface area contributed by atoms with E-state index in [-0.39, 0.29) is 12.6 Å². The summed E-state index contributed by atoms with van der Waals surface area (Å²) in [7, 11) is 0. The van der Waals surface area contributed by atoms with Crippen LogP contribution in [0.4, 0.5) is 5.69 Å². The highest BCUT2D eigenvalue weighted by atomic mass is 16.3. The third-order valence-corrected chi connectivity index (χ3v) is 3.47. The number of aliphatic hydroxyl groups is 1. The lowest BCUT2D eigenvalue weighted by molar-refractivity contribution is 0.238. The molecule has 3 heteroatoms. The number of hydrogen-bond acceptors (Lipinski definition) is 3. The number of piperidine rings is 1. The lowest BCUT2D eigenvalue weighted by Crippen LogP contribution is -2.47. The Bertz CT molecular complexity index is 367. The second-order valence-electron chi connectivity index (χ2n) is 5.12. The van der Waals surface area contributed by atoms with Crippen LogP contribution in [0.25, 0.3) is 0 Å². The molecular formula is C14H22N2O. The molecule has 0 saturated carbocycles. The Morgan fingerprint density at radius 1 is 1.41 bits per heavy atom. The van der Waals surface area contributed by atoms with Crippen molar-refractivity contribution in [3.8, 4) is 0 Å². The molecule has 3 N–H and O–H groups in total. The first-order valence-electron chi connectivity index (χ1n) is 6.37. The van der Waals surface area contributed by atoms with Crippen molar-refractivity contribution in [1.82, 2.24) is 0 Å². The van der Waals surface area contributed by atoms with E-state index in [2.05, 4.69) is 36.1 Å². The fourth-order valence-electron chi connectivity index (χ4n) is 2.67. The highest BCUT2D eigenvalue weighted by Gasteiger charge is 2.24. The Kier molecular flexibility index (Phi) is 4.02. The highest BCUT2D eigenvalue weighted by molar-refractivity contribution is 5.49. The second kappa shape index (κ2) is 5.52. The number of hydrogen-bond donors (Lipinski definition) is 2. The molecule has 1 aromatic carbocycles. The highest BCUT2D eigenvalue weighted by Crippen LogP contribution is 2.24. The van der Waals surface area contributed by atoms with E-state index >= 15 is 0 Å². The molecule has 0 radical (unpaired) electrons. The Morgan fingerprint density at radius 2 is 2.24 bits per heavy atom. The zero-order chi connectivity index (χ0) is 12.3. The summed E-state index contributed by atoms with van der Waals surface area (Å²) < 4.78 is 0. The number of rotatable bonds is 3. The number of benzene rings is 1. The van der Waals surface area contributed by atoms with E-state index < -0.39 is 0 Å². The van der Waals surface area contributed by atoms with E-state index in [1.54, 1.807) is 0 Å². The molecule has 17 heavy (non-hydrogen) atoms. The fourth-order valence-corrected chi connectivity index (χ4v) is 2.67. The van der Waals surface area contributed by atoms with Crippen LogP contribution < -0.4 is 10.6 Å². The maximum absolute atomic E-state index is 9.05. The van der Waals surface area contributed by atoms with Crippen molar-refractivity contribution in [1.29, 1.82) is 0 Å². The van der Waals surface area contributed by atoms with Crippen molar-refractivity contribution >= 4 is 5.69 Å². The number of aryl methyl sites for hydroxylation is 1. The molecule has 1 aromatic rings. The molecule has 2 rings (SSSR count). The summed E-state index contributed by atoms with van der Waals surface area (Å²) in [4.78, 5) is 2.35. The van der Waals surface area contributed by atoms with Crippen LogP contribution in [-0.4, -0.2) is 30.8 Å². The largest absolute Gasteiger partial charge is 0.396 e. The van der Waals surface area contributed by atoms with Gasteiger partial charge in [0.1, 0.15) is 0 Å². The summed E-state index contributed by atoms with van der Waals surface area (Å²) in [5.41, 5.74) is 8.63. The van der Waals surface area contributed by atoms with Crippen molar-refractivity contribution in [2.45, 2.75) is 25.8 Å². The smallest absolute Gasteiger partial charge is 0.0434 e. The third-order valence-electron chi connectivity index (χ3n) is 3.47. The average Bonchev–Trinajstić information content (AvgIpc) is 2.28. The van der Waals surface area contributed by atoms with Crippen molar-refractivity contribution < 1.29 is 5.11 Å². The van der Waals surface area contributed by atoms with Gasteiger partial charge in [0.2, 0.25) is 0 Å². The molecule has 0 aliphatic carbocycles. The van der Waals surface area contributed by atoms with E-state index in [0.29, 0.717) is 5.92 Å². The molecule has 94 valence electrons. The summed E-state index contributed by atoms with van der Waals surface area (Å²) >= 11 is 0. The molecule has 2 unspecified atom stereocenters. The second-order valence-corrected chi connectivity index (χ2v) is 5.12. The molecule has 1 fully saturated rings. The van der Waals surface area contributed by atoms with Gasteiger partial charge in [-0.2, -0.15) is 0 Å². The van der Waals surface area contributed by atoms with Crippen LogP contribution in [0.15, 0.2) is 24.3 Å². The lowest BCUT2D eigenvalue weighted by atomic mass is 9.92. The van der Waals surface area contributed by atoms with Gasteiger partial charge in [0.05, 0.1) is 0 Å². The zero-order valence-electron chi connectivity index (χ0n) is 10.5. The predicted molar refractivity (Wildman–Crippen MR) is 71.2 cm³/mol. The molecule has 1 heterocycles. The van der Waals surface area contributed by atoms with Gasteiger partial charge in [0.25, 0.3) is 0 Å². The van der Waals surface area contributed by atoms with Gasteiger partial charge in [-0.3, -0.25) is 0 Å². The first kappa shape index (κ1) is 12.4. The van der Waals surface area contributed by atoms with Crippen LogP contribution >= 0.6 is 0 Å². The minimum atomic E-state index is 0.223. The lowest BCUT2D eigenvalue weighted by Gasteiger charge is -2.37. The molecule has 0 amide bonds. The minimum Gasteiger partial charge on any atom is -0.396 e. The topological polar surface area (TPSA) is 49.5 Å². The van der Waals surface area contributed by atoms with Crippen LogP contribution in [-0.2, 0) is 0 Å². The Hall–Kier alpha value is -1.06. The van der Waals surface area contributed by atoms with Crippen LogP contribution in [0.2, 0.25) is 0 Å². The summed E-state index contributed by atoms with van der Waals surface area (Å²) in [6.45, 7) is 4.31. The van der Waals surface area contributed by atoms with Gasteiger partial charge in [-0.25, -0.2) is 0 Å². The Labute approximate surface area is 103 Å². The minimum absolute atomic E-state index is 0.223. The summed E-state index contributed by atoms with van der Waals surface area (Å²) in [6, 6.07) is 8.76. The van der Waals surface area contributed by atoms with Crippen molar-refractivity contribution in [2.24, 2.45) is 11.7 Å². The van der Waals surface area contributed by atoms with Crippen LogP contribution in [0.1, 0.15) is 18.4 Å². The standard InChI is InChI=1S/C14H22N2O/c1-11-3-2-4-14(7-11)16-9-12(5-6-17)8-13(15)10-16/h2-4,7,12-13,17H,5-6,8-10,15H2,1H3. The maximum Gasteiger partial charge on any atom is 0.0434 e. The predicted octanol–water partition coefficient (Wildman–Crippen LogP) is 1.53. The molecule has 0 bridgehead atoms. The third kappa shape index (κ3) is 3.20. The van der Waals surface area contributed by atoms with Crippen molar-refractivity contribution in [2.75, 3.05) is 24.6 Å². The Balaban J connectivity index is 2.09. The molecule has 1 aliphatic heterocycles. The van der Waals surface area contributed by atoms with Crippen LogP contribution in [0.5, 0.6) is 0 Å². The van der Waals surface area contributed by atoms with Crippen LogP contribution in [0, 0.1) is 12.8 Å². The molecule has 0 spiro atoms. The molecule has 1 saturated heterocycles. The van der Waals surface area contributed by atoms with Gasteiger partial charge >= 0.3 is 0 Å². The molecule has 3 nitrogen and oxygen atoms in total. The van der Waals surface area contributed by atoms with E-state index in [1.807, 2.05) is 0 Å². The van der Waals surface area contributed by atoms with Gasteiger partial charge in [0.15, 0.2) is 0 Å². The molecule has 2 atom stereocenters. The van der Waals surface area contributed by atoms with Crippen LogP contribution in [0.3, 0.4) is 0 Å². The number of nitrogens with two attached hydrogens (primary N) is 1. The van der Waals surface area contributed by atoms with Crippen molar-refractivity contribution in [3.05, 3.63) is 29.8 Å². The zero-order valence-corrected chi connectivity index (χ0v) is 10.5. The molecule has 0 aromatic heterocycles. The number of nitrogens with zero attached hydrogens (tertiary/aromatic N) is 1. The van der Waals surface area contributed by atoms with E-state index in [9.17, 15) is 0 Å². The maximum atomic E-state index is 9.05. The van der Waals surface area contributed by atoms with E-state index in [0.717, 1.165) is 25.9 Å². The van der Waals surface area contributed by atoms with E-state index in [1.165, 1.54) is 11.3 Å². The Morgan fingerprint density at radius 3 is 2.94 bits per heavy atom. The van der Waals surface area contributed by atoms with Crippen molar-refractivity contribution in [3.63, 3.8) is 0 Å². The van der Waals surface area contributed by atoms with Gasteiger partial charge in [-0.1, -0.05) is 12.1 Å². The van der Waals surface area contributed by atoms with E-state index in [4.69, 9.17) is 10.8 Å².